The van der Waals surface area contributed by atoms with Gasteiger partial charge in [-0.15, -0.1) is 0 Å². The largest absolute Gasteiger partial charge is 0.465 e. The normalized spacial score (nSPS) is 38.1. The fraction of sp³-hybridized carbons (Fsp3) is 0.938. The zero-order valence-electron chi connectivity index (χ0n) is 14.6. The number of hydrogen-bond acceptors (Lipinski definition) is 8. The number of esters is 1. The van der Waals surface area contributed by atoms with E-state index in [9.17, 15) is 9.70 Å². The third-order valence-electron chi connectivity index (χ3n) is 5.52. The number of rotatable bonds is 7. The lowest BCUT2D eigenvalue weighted by Crippen LogP contribution is -2.80. The lowest BCUT2D eigenvalue weighted by molar-refractivity contribution is -0.533. The molecule has 4 atom stereocenters. The molecule has 0 aromatic heterocycles. The second kappa shape index (κ2) is 9.27. The summed E-state index contributed by atoms with van der Waals surface area (Å²) in [5.41, 5.74) is 5.82. The second-order valence-corrected chi connectivity index (χ2v) is 8.32. The van der Waals surface area contributed by atoms with Crippen molar-refractivity contribution in [3.63, 3.8) is 0 Å². The third kappa shape index (κ3) is 4.71. The van der Waals surface area contributed by atoms with Crippen LogP contribution in [-0.4, -0.2) is 54.9 Å². The molecule has 3 fully saturated rings. The fourth-order valence-electron chi connectivity index (χ4n) is 3.97. The molecule has 9 heteroatoms. The van der Waals surface area contributed by atoms with Crippen molar-refractivity contribution in [3.8, 4) is 0 Å². The number of ether oxygens (including phenoxy) is 2. The van der Waals surface area contributed by atoms with E-state index in [0.29, 0.717) is 18.0 Å². The summed E-state index contributed by atoms with van der Waals surface area (Å²) in [5.74, 6) is 0.703. The van der Waals surface area contributed by atoms with Crippen LogP contribution in [0.15, 0.2) is 0 Å². The van der Waals surface area contributed by atoms with Crippen LogP contribution in [0.5, 0.6) is 0 Å². The Hall–Kier alpha value is -0.740. The minimum Gasteiger partial charge on any atom is -0.465 e. The van der Waals surface area contributed by atoms with Gasteiger partial charge in [-0.05, 0) is 37.3 Å². The average molecular weight is 374 g/mol. The summed E-state index contributed by atoms with van der Waals surface area (Å²) in [6, 6.07) is -0.0654. The van der Waals surface area contributed by atoms with Crippen LogP contribution in [0.4, 0.5) is 0 Å². The Balaban J connectivity index is 1.34. The minimum atomic E-state index is -0.128. The molecule has 1 heterocycles. The van der Waals surface area contributed by atoms with E-state index in [-0.39, 0.29) is 30.0 Å². The van der Waals surface area contributed by atoms with Gasteiger partial charge in [-0.2, -0.15) is 22.7 Å². The second-order valence-electron chi connectivity index (χ2n) is 6.98. The average Bonchev–Trinajstić information content (AvgIpc) is 3.15. The molecule has 0 amide bonds. The number of hydroxylamine groups is 2. The van der Waals surface area contributed by atoms with Gasteiger partial charge in [0.2, 0.25) is 6.04 Å². The van der Waals surface area contributed by atoms with Gasteiger partial charge in [-0.3, -0.25) is 4.79 Å². The predicted molar refractivity (Wildman–Crippen MR) is 92.2 cm³/mol. The number of fused-ring (bicyclic) bond motifs is 1. The van der Waals surface area contributed by atoms with Crippen molar-refractivity contribution < 1.29 is 24.4 Å². The van der Waals surface area contributed by atoms with E-state index in [4.69, 9.17) is 14.4 Å². The van der Waals surface area contributed by atoms with Crippen LogP contribution in [0.25, 0.3) is 0 Å². The van der Waals surface area contributed by atoms with Crippen molar-refractivity contribution >= 4 is 17.7 Å². The van der Waals surface area contributed by atoms with Gasteiger partial charge in [-0.25, -0.2) is 4.94 Å². The van der Waals surface area contributed by atoms with Gasteiger partial charge in [0.1, 0.15) is 12.6 Å². The van der Waals surface area contributed by atoms with Gasteiger partial charge in [-0.1, -0.05) is 0 Å². The SMILES string of the molecule is COC1CCC(C(=O)OCCSC2CCC([NH+]=O)C3NONC23)CC1. The van der Waals surface area contributed by atoms with E-state index in [2.05, 4.69) is 16.1 Å². The molecule has 25 heavy (non-hydrogen) atoms. The number of nitroso groups, excluding NO2 is 1. The molecule has 0 aromatic carbocycles. The first-order valence-corrected chi connectivity index (χ1v) is 10.1. The zero-order chi connectivity index (χ0) is 17.6. The summed E-state index contributed by atoms with van der Waals surface area (Å²) in [6.45, 7) is 0.430. The van der Waals surface area contributed by atoms with Crippen LogP contribution in [0.3, 0.4) is 0 Å². The molecule has 2 aliphatic carbocycles. The highest BCUT2D eigenvalue weighted by atomic mass is 32.2. The number of carbonyl (C=O) groups is 1. The molecule has 142 valence electrons. The van der Waals surface area contributed by atoms with Crippen molar-refractivity contribution in [1.29, 1.82) is 0 Å². The molecular formula is C16H28N3O5S+. The van der Waals surface area contributed by atoms with Crippen LogP contribution in [0.2, 0.25) is 0 Å². The summed E-state index contributed by atoms with van der Waals surface area (Å²) in [4.78, 5) is 28.3. The highest BCUT2D eigenvalue weighted by molar-refractivity contribution is 8.00. The molecule has 1 saturated heterocycles. The van der Waals surface area contributed by atoms with Crippen molar-refractivity contribution in [3.05, 3.63) is 4.91 Å². The molecule has 0 aromatic rings. The zero-order valence-corrected chi connectivity index (χ0v) is 15.4. The van der Waals surface area contributed by atoms with E-state index < -0.39 is 0 Å². The molecule has 0 radical (unpaired) electrons. The lowest BCUT2D eigenvalue weighted by atomic mass is 9.87. The number of carbonyl (C=O) groups excluding carboxylic acids is 1. The number of hydrogen-bond donors (Lipinski definition) is 3. The maximum Gasteiger partial charge on any atom is 0.308 e. The molecule has 4 unspecified atom stereocenters. The molecule has 0 spiro atoms. The van der Waals surface area contributed by atoms with Gasteiger partial charge in [0.15, 0.2) is 0 Å². The van der Waals surface area contributed by atoms with Gasteiger partial charge in [0.05, 0.1) is 18.1 Å². The minimum absolute atomic E-state index is 0.0217. The molecule has 2 saturated carbocycles. The van der Waals surface area contributed by atoms with Crippen molar-refractivity contribution in [2.24, 2.45) is 5.92 Å². The van der Waals surface area contributed by atoms with Crippen LogP contribution in [0, 0.1) is 10.8 Å². The monoisotopic (exact) mass is 374 g/mol. The van der Waals surface area contributed by atoms with E-state index in [0.717, 1.165) is 44.3 Å². The van der Waals surface area contributed by atoms with Gasteiger partial charge in [0.25, 0.3) is 0 Å². The molecule has 0 bridgehead atoms. The van der Waals surface area contributed by atoms with E-state index in [1.807, 2.05) is 0 Å². The van der Waals surface area contributed by atoms with Gasteiger partial charge < -0.3 is 9.47 Å². The maximum atomic E-state index is 12.2. The number of nitrogens with one attached hydrogen (secondary N) is 3. The Morgan fingerprint density at radius 1 is 1.16 bits per heavy atom. The molecule has 1 aliphatic heterocycles. The van der Waals surface area contributed by atoms with E-state index >= 15 is 0 Å². The van der Waals surface area contributed by atoms with Crippen LogP contribution in [0.1, 0.15) is 38.5 Å². The standard InChI is InChI=1S/C16H27N3O5S/c1-22-11-4-2-10(3-5-11)16(20)23-8-9-25-13-7-6-12(17-21)14-15(13)19-24-18-14/h10-15,18-19H,2-9H2,1H3/p+1. The van der Waals surface area contributed by atoms with Crippen LogP contribution >= 0.6 is 11.8 Å². The Labute approximate surface area is 152 Å². The molecule has 3 aliphatic rings. The highest BCUT2D eigenvalue weighted by Crippen LogP contribution is 2.30. The van der Waals surface area contributed by atoms with Crippen molar-refractivity contribution in [2.45, 2.75) is 68.0 Å². The quantitative estimate of drug-likeness (QED) is 0.410. The predicted octanol–water partition coefficient (Wildman–Crippen LogP) is -0.377. The van der Waals surface area contributed by atoms with Crippen molar-refractivity contribution in [2.75, 3.05) is 19.5 Å². The number of methoxy groups -OCH3 is 1. The first-order chi connectivity index (χ1) is 12.2. The Morgan fingerprint density at radius 2 is 1.92 bits per heavy atom. The first kappa shape index (κ1) is 19.0. The molecular weight excluding hydrogens is 346 g/mol. The van der Waals surface area contributed by atoms with Crippen molar-refractivity contribution in [1.82, 2.24) is 11.0 Å². The maximum absolute atomic E-state index is 12.2. The molecule has 3 rings (SSSR count). The summed E-state index contributed by atoms with van der Waals surface area (Å²) in [6.07, 6.45) is 5.61. The smallest absolute Gasteiger partial charge is 0.308 e. The summed E-state index contributed by atoms with van der Waals surface area (Å²) < 4.78 is 10.8. The van der Waals surface area contributed by atoms with Crippen LogP contribution in [-0.2, 0) is 19.2 Å². The van der Waals surface area contributed by atoms with Gasteiger partial charge >= 0.3 is 5.97 Å². The lowest BCUT2D eigenvalue weighted by Gasteiger charge is -2.31. The highest BCUT2D eigenvalue weighted by Gasteiger charge is 2.47. The number of thioether (sulfide) groups is 1. The van der Waals surface area contributed by atoms with Gasteiger partial charge in [0, 0.05) is 29.4 Å². The molecule has 8 nitrogen and oxygen atoms in total. The Kier molecular flexibility index (Phi) is 7.06. The summed E-state index contributed by atoms with van der Waals surface area (Å²) >= 11 is 1.77. The first-order valence-electron chi connectivity index (χ1n) is 9.08. The summed E-state index contributed by atoms with van der Waals surface area (Å²) in [5, 5.41) is 2.44. The van der Waals surface area contributed by atoms with Crippen LogP contribution < -0.4 is 16.1 Å². The van der Waals surface area contributed by atoms with E-state index in [1.54, 1.807) is 18.9 Å². The fourth-order valence-corrected chi connectivity index (χ4v) is 5.19. The topological polar surface area (TPSA) is 99.9 Å². The third-order valence-corrected chi connectivity index (χ3v) is 6.88. The van der Waals surface area contributed by atoms with E-state index in [1.165, 1.54) is 0 Å². The molecule has 3 N–H and O–H groups in total. The Bertz CT molecular complexity index is 461. The summed E-state index contributed by atoms with van der Waals surface area (Å²) in [7, 11) is 1.73. The Morgan fingerprint density at radius 3 is 2.64 bits per heavy atom.